The van der Waals surface area contributed by atoms with E-state index in [0.717, 1.165) is 22.4 Å². The highest BCUT2D eigenvalue weighted by Crippen LogP contribution is 2.26. The lowest BCUT2D eigenvalue weighted by Gasteiger charge is -2.11. The minimum atomic E-state index is -0.0906. The van der Waals surface area contributed by atoms with Crippen LogP contribution in [0.25, 0.3) is 11.0 Å². The molecule has 8 nitrogen and oxygen atoms in total. The van der Waals surface area contributed by atoms with Crippen LogP contribution in [0, 0.1) is 13.8 Å². The van der Waals surface area contributed by atoms with E-state index in [1.54, 1.807) is 25.1 Å². The highest BCUT2D eigenvalue weighted by atomic mass is 32.2. The molecule has 0 aliphatic carbocycles. The molecule has 0 spiro atoms. The van der Waals surface area contributed by atoms with Crippen molar-refractivity contribution in [2.75, 3.05) is 32.1 Å². The number of ether oxygens (including phenoxy) is 1. The zero-order valence-corrected chi connectivity index (χ0v) is 19.5. The third kappa shape index (κ3) is 5.95. The monoisotopic (exact) mass is 442 g/mol. The van der Waals surface area contributed by atoms with E-state index < -0.39 is 0 Å². The van der Waals surface area contributed by atoms with Crippen LogP contribution in [0.1, 0.15) is 35.3 Å². The number of amides is 1. The van der Waals surface area contributed by atoms with Crippen LogP contribution in [0.5, 0.6) is 0 Å². The Balaban J connectivity index is 1.74. The summed E-state index contributed by atoms with van der Waals surface area (Å²) < 4.78 is 6.94. The SMILES string of the molecule is COCCNc1nc(SC(C)C)nc2c1cnn2CCNC(=O)c1ccc(C)c(C)c1. The second-order valence-electron chi connectivity index (χ2n) is 7.60. The molecule has 31 heavy (non-hydrogen) atoms. The number of methoxy groups -OCH3 is 1. The largest absolute Gasteiger partial charge is 0.383 e. The molecule has 2 aromatic heterocycles. The van der Waals surface area contributed by atoms with Gasteiger partial charge in [-0.3, -0.25) is 4.79 Å². The number of nitrogens with zero attached hydrogens (tertiary/aromatic N) is 4. The Bertz CT molecular complexity index is 1050. The van der Waals surface area contributed by atoms with Crippen molar-refractivity contribution in [2.45, 2.75) is 44.6 Å². The Labute approximate surface area is 187 Å². The van der Waals surface area contributed by atoms with Gasteiger partial charge in [-0.1, -0.05) is 31.7 Å². The fraction of sp³-hybridized carbons (Fsp3) is 0.455. The number of fused-ring (bicyclic) bond motifs is 1. The summed E-state index contributed by atoms with van der Waals surface area (Å²) in [7, 11) is 1.67. The van der Waals surface area contributed by atoms with Gasteiger partial charge >= 0.3 is 0 Å². The molecular weight excluding hydrogens is 412 g/mol. The highest BCUT2D eigenvalue weighted by Gasteiger charge is 2.14. The van der Waals surface area contributed by atoms with Crippen molar-refractivity contribution in [1.82, 2.24) is 25.1 Å². The smallest absolute Gasteiger partial charge is 0.251 e. The summed E-state index contributed by atoms with van der Waals surface area (Å²) in [6, 6.07) is 5.73. The van der Waals surface area contributed by atoms with Crippen molar-refractivity contribution >= 4 is 34.5 Å². The van der Waals surface area contributed by atoms with E-state index in [2.05, 4.69) is 34.6 Å². The van der Waals surface area contributed by atoms with Gasteiger partial charge in [0, 0.05) is 31.0 Å². The molecule has 0 aliphatic heterocycles. The van der Waals surface area contributed by atoms with Crippen molar-refractivity contribution in [3.8, 4) is 0 Å². The molecule has 0 aliphatic rings. The maximum absolute atomic E-state index is 12.5. The standard InChI is InChI=1S/C22H30N6O2S/c1-14(2)31-22-26-19(23-9-11-30-5)18-13-25-28(20(18)27-22)10-8-24-21(29)17-7-6-15(3)16(4)12-17/h6-7,12-14H,8-11H2,1-5H3,(H,24,29)(H,23,26,27). The van der Waals surface area contributed by atoms with E-state index in [1.807, 2.05) is 36.7 Å². The predicted octanol–water partition coefficient (Wildman–Crippen LogP) is 3.43. The number of hydrogen-bond donors (Lipinski definition) is 2. The van der Waals surface area contributed by atoms with E-state index in [1.165, 1.54) is 5.56 Å². The van der Waals surface area contributed by atoms with Gasteiger partial charge in [-0.05, 0) is 37.1 Å². The lowest BCUT2D eigenvalue weighted by molar-refractivity contribution is 0.0952. The molecule has 3 rings (SSSR count). The number of benzene rings is 1. The van der Waals surface area contributed by atoms with Gasteiger partial charge in [0.1, 0.15) is 5.82 Å². The molecule has 0 atom stereocenters. The molecule has 0 radical (unpaired) electrons. The van der Waals surface area contributed by atoms with Gasteiger partial charge in [-0.15, -0.1) is 0 Å². The van der Waals surface area contributed by atoms with Gasteiger partial charge in [-0.25, -0.2) is 14.6 Å². The Kier molecular flexibility index (Phi) is 7.86. The minimum absolute atomic E-state index is 0.0906. The molecule has 9 heteroatoms. The lowest BCUT2D eigenvalue weighted by atomic mass is 10.1. The van der Waals surface area contributed by atoms with Crippen LogP contribution < -0.4 is 10.6 Å². The van der Waals surface area contributed by atoms with Gasteiger partial charge < -0.3 is 15.4 Å². The summed E-state index contributed by atoms with van der Waals surface area (Å²) in [4.78, 5) is 21.8. The zero-order chi connectivity index (χ0) is 22.4. The van der Waals surface area contributed by atoms with E-state index in [4.69, 9.17) is 9.72 Å². The van der Waals surface area contributed by atoms with Crippen LogP contribution in [0.3, 0.4) is 0 Å². The minimum Gasteiger partial charge on any atom is -0.383 e. The molecule has 2 heterocycles. The first-order valence-electron chi connectivity index (χ1n) is 10.4. The summed E-state index contributed by atoms with van der Waals surface area (Å²) in [5.41, 5.74) is 3.69. The summed E-state index contributed by atoms with van der Waals surface area (Å²) in [6.45, 7) is 10.4. The van der Waals surface area contributed by atoms with Crippen LogP contribution in [0.15, 0.2) is 29.6 Å². The zero-order valence-electron chi connectivity index (χ0n) is 18.7. The molecule has 0 fully saturated rings. The maximum Gasteiger partial charge on any atom is 0.251 e. The summed E-state index contributed by atoms with van der Waals surface area (Å²) >= 11 is 1.60. The molecule has 166 valence electrons. The number of carbonyl (C=O) groups excluding carboxylic acids is 1. The average Bonchev–Trinajstić information content (AvgIpc) is 3.12. The molecule has 0 unspecified atom stereocenters. The molecule has 3 aromatic rings. The van der Waals surface area contributed by atoms with Crippen LogP contribution in [-0.2, 0) is 11.3 Å². The molecule has 0 saturated carbocycles. The van der Waals surface area contributed by atoms with Crippen molar-refractivity contribution in [1.29, 1.82) is 0 Å². The van der Waals surface area contributed by atoms with Crippen LogP contribution in [0.4, 0.5) is 5.82 Å². The predicted molar refractivity (Wildman–Crippen MR) is 125 cm³/mol. The van der Waals surface area contributed by atoms with Crippen molar-refractivity contribution in [3.05, 3.63) is 41.1 Å². The number of thioether (sulfide) groups is 1. The number of hydrogen-bond acceptors (Lipinski definition) is 7. The number of anilines is 1. The van der Waals surface area contributed by atoms with E-state index >= 15 is 0 Å². The van der Waals surface area contributed by atoms with Gasteiger partial charge in [0.15, 0.2) is 10.8 Å². The topological polar surface area (TPSA) is 94.0 Å². The molecular formula is C22H30N6O2S. The third-order valence-electron chi connectivity index (χ3n) is 4.79. The molecule has 1 amide bonds. The van der Waals surface area contributed by atoms with Crippen molar-refractivity contribution < 1.29 is 9.53 Å². The van der Waals surface area contributed by atoms with Crippen molar-refractivity contribution in [2.24, 2.45) is 0 Å². The average molecular weight is 443 g/mol. The number of aryl methyl sites for hydroxylation is 2. The molecule has 2 N–H and O–H groups in total. The van der Waals surface area contributed by atoms with E-state index in [0.29, 0.717) is 42.2 Å². The van der Waals surface area contributed by atoms with Crippen LogP contribution in [-0.4, -0.2) is 57.7 Å². The van der Waals surface area contributed by atoms with Gasteiger partial charge in [0.05, 0.1) is 24.7 Å². The summed E-state index contributed by atoms with van der Waals surface area (Å²) in [6.07, 6.45) is 1.76. The van der Waals surface area contributed by atoms with Crippen LogP contribution >= 0.6 is 11.8 Å². The number of carbonyl (C=O) groups is 1. The molecule has 0 bridgehead atoms. The second-order valence-corrected chi connectivity index (χ2v) is 9.14. The van der Waals surface area contributed by atoms with Gasteiger partial charge in [-0.2, -0.15) is 5.10 Å². The Morgan fingerprint density at radius 1 is 1.19 bits per heavy atom. The maximum atomic E-state index is 12.5. The quantitative estimate of drug-likeness (QED) is 0.282. The second kappa shape index (κ2) is 10.6. The first kappa shape index (κ1) is 23.0. The first-order valence-corrected chi connectivity index (χ1v) is 11.3. The Morgan fingerprint density at radius 3 is 2.71 bits per heavy atom. The molecule has 0 saturated heterocycles. The van der Waals surface area contributed by atoms with Crippen molar-refractivity contribution in [3.63, 3.8) is 0 Å². The number of aromatic nitrogens is 4. The normalized spacial score (nSPS) is 11.3. The summed E-state index contributed by atoms with van der Waals surface area (Å²) in [5.74, 6) is 0.655. The fourth-order valence-electron chi connectivity index (χ4n) is 3.03. The lowest BCUT2D eigenvalue weighted by Crippen LogP contribution is -2.27. The third-order valence-corrected chi connectivity index (χ3v) is 5.66. The van der Waals surface area contributed by atoms with E-state index in [9.17, 15) is 4.79 Å². The fourth-order valence-corrected chi connectivity index (χ4v) is 3.73. The Hall–Kier alpha value is -2.65. The van der Waals surface area contributed by atoms with Gasteiger partial charge in [0.25, 0.3) is 5.91 Å². The van der Waals surface area contributed by atoms with Crippen LogP contribution in [0.2, 0.25) is 0 Å². The number of rotatable bonds is 10. The first-order chi connectivity index (χ1) is 14.9. The summed E-state index contributed by atoms with van der Waals surface area (Å²) in [5, 5.41) is 12.7. The van der Waals surface area contributed by atoms with Gasteiger partial charge in [0.2, 0.25) is 0 Å². The Morgan fingerprint density at radius 2 is 2.00 bits per heavy atom. The van der Waals surface area contributed by atoms with E-state index in [-0.39, 0.29) is 5.91 Å². The highest BCUT2D eigenvalue weighted by molar-refractivity contribution is 7.99. The number of nitrogens with one attached hydrogen (secondary N) is 2. The molecule has 1 aromatic carbocycles.